The summed E-state index contributed by atoms with van der Waals surface area (Å²) < 4.78 is 0. The largest absolute Gasteiger partial charge is 0.349 e. The molecule has 1 atom stereocenters. The molecule has 3 rings (SSSR count). The van der Waals surface area contributed by atoms with Crippen molar-refractivity contribution in [1.82, 2.24) is 25.5 Å². The number of halogens is 1. The Balaban J connectivity index is 1.71. The van der Waals surface area contributed by atoms with E-state index in [1.807, 2.05) is 37.4 Å². The first-order valence-corrected chi connectivity index (χ1v) is 9.20. The first-order valence-electron chi connectivity index (χ1n) is 7.94. The zero-order chi connectivity index (χ0) is 17.8. The molecule has 1 unspecified atom stereocenters. The Labute approximate surface area is 154 Å². The fourth-order valence-corrected chi connectivity index (χ4v) is 3.37. The molecule has 25 heavy (non-hydrogen) atoms. The molecule has 1 amide bonds. The molecule has 0 aliphatic rings. The van der Waals surface area contributed by atoms with Gasteiger partial charge in [-0.05, 0) is 59.8 Å². The quantitative estimate of drug-likeness (QED) is 0.714. The lowest BCUT2D eigenvalue weighted by Gasteiger charge is -2.13. The van der Waals surface area contributed by atoms with Crippen molar-refractivity contribution >= 4 is 28.8 Å². The van der Waals surface area contributed by atoms with Gasteiger partial charge in [-0.1, -0.05) is 18.5 Å². The molecule has 0 spiro atoms. The fraction of sp³-hybridized carbons (Fsp3) is 0.294. The first kappa shape index (κ1) is 17.6. The summed E-state index contributed by atoms with van der Waals surface area (Å²) in [5.74, 6) is 0.354. The van der Waals surface area contributed by atoms with Crippen LogP contribution in [-0.4, -0.2) is 26.1 Å². The van der Waals surface area contributed by atoms with Gasteiger partial charge in [0.15, 0.2) is 6.04 Å². The Morgan fingerprint density at radius 2 is 2.08 bits per heavy atom. The molecule has 0 saturated heterocycles. The second-order valence-electron chi connectivity index (χ2n) is 5.61. The number of thiophene rings is 1. The lowest BCUT2D eigenvalue weighted by atomic mass is 10.2. The van der Waals surface area contributed by atoms with E-state index in [0.717, 1.165) is 10.4 Å². The Bertz CT molecular complexity index is 858. The maximum atomic E-state index is 12.5. The molecule has 130 valence electrons. The normalized spacial score (nSPS) is 12.1. The molecule has 2 heterocycles. The van der Waals surface area contributed by atoms with Crippen LogP contribution in [0.25, 0.3) is 11.4 Å². The Morgan fingerprint density at radius 3 is 2.72 bits per heavy atom. The standard InChI is InChI=1S/C17H18ClN5OS/c1-3-14(17(24)19-10-15-11(2)8-9-25-15)23-21-16(20-22-23)12-4-6-13(18)7-5-12/h4-9,14H,3,10H2,1-2H3,(H,19,24). The number of hydrogen-bond donors (Lipinski definition) is 1. The summed E-state index contributed by atoms with van der Waals surface area (Å²) in [6, 6.07) is 8.74. The summed E-state index contributed by atoms with van der Waals surface area (Å²) in [4.78, 5) is 15.0. The highest BCUT2D eigenvalue weighted by molar-refractivity contribution is 7.10. The molecular formula is C17H18ClN5OS. The third kappa shape index (κ3) is 4.05. The molecule has 2 aromatic heterocycles. The van der Waals surface area contributed by atoms with E-state index in [0.29, 0.717) is 23.8 Å². The predicted molar refractivity (Wildman–Crippen MR) is 98.5 cm³/mol. The number of nitrogens with zero attached hydrogens (tertiary/aromatic N) is 4. The van der Waals surface area contributed by atoms with Gasteiger partial charge in [-0.2, -0.15) is 4.80 Å². The Hall–Kier alpha value is -2.25. The molecule has 0 aliphatic heterocycles. The predicted octanol–water partition coefficient (Wildman–Crippen LogP) is 3.63. The summed E-state index contributed by atoms with van der Waals surface area (Å²) >= 11 is 7.53. The van der Waals surface area contributed by atoms with Crippen LogP contribution >= 0.6 is 22.9 Å². The van der Waals surface area contributed by atoms with Gasteiger partial charge in [-0.3, -0.25) is 4.79 Å². The number of carbonyl (C=O) groups excluding carboxylic acids is 1. The molecule has 0 saturated carbocycles. The summed E-state index contributed by atoms with van der Waals surface area (Å²) in [6.07, 6.45) is 0.575. The van der Waals surface area contributed by atoms with Crippen LogP contribution in [0.15, 0.2) is 35.7 Å². The van der Waals surface area contributed by atoms with Crippen LogP contribution in [0.2, 0.25) is 5.02 Å². The molecule has 0 fully saturated rings. The lowest BCUT2D eigenvalue weighted by Crippen LogP contribution is -2.33. The zero-order valence-corrected chi connectivity index (χ0v) is 15.5. The van der Waals surface area contributed by atoms with Crippen LogP contribution in [0.5, 0.6) is 0 Å². The van der Waals surface area contributed by atoms with Gasteiger partial charge in [-0.25, -0.2) is 0 Å². The van der Waals surface area contributed by atoms with Gasteiger partial charge in [-0.15, -0.1) is 21.5 Å². The second kappa shape index (κ2) is 7.76. The van der Waals surface area contributed by atoms with Crippen molar-refractivity contribution in [2.45, 2.75) is 32.9 Å². The van der Waals surface area contributed by atoms with Crippen molar-refractivity contribution in [3.63, 3.8) is 0 Å². The van der Waals surface area contributed by atoms with Crippen molar-refractivity contribution in [2.75, 3.05) is 0 Å². The number of aryl methyl sites for hydroxylation is 1. The van der Waals surface area contributed by atoms with Crippen molar-refractivity contribution in [3.8, 4) is 11.4 Å². The number of amides is 1. The van der Waals surface area contributed by atoms with Gasteiger partial charge in [0, 0.05) is 15.5 Å². The van der Waals surface area contributed by atoms with E-state index in [4.69, 9.17) is 11.6 Å². The third-order valence-electron chi connectivity index (χ3n) is 3.89. The number of hydrogen-bond acceptors (Lipinski definition) is 5. The van der Waals surface area contributed by atoms with Gasteiger partial charge < -0.3 is 5.32 Å². The molecule has 1 aromatic carbocycles. The van der Waals surface area contributed by atoms with Crippen LogP contribution in [0.4, 0.5) is 0 Å². The molecular weight excluding hydrogens is 358 g/mol. The molecule has 0 bridgehead atoms. The van der Waals surface area contributed by atoms with Gasteiger partial charge in [0.25, 0.3) is 0 Å². The van der Waals surface area contributed by atoms with Crippen molar-refractivity contribution in [3.05, 3.63) is 51.2 Å². The average molecular weight is 376 g/mol. The van der Waals surface area contributed by atoms with Crippen LogP contribution < -0.4 is 5.32 Å². The third-order valence-corrected chi connectivity index (χ3v) is 5.17. The summed E-state index contributed by atoms with van der Waals surface area (Å²) in [5.41, 5.74) is 1.99. The molecule has 0 radical (unpaired) electrons. The second-order valence-corrected chi connectivity index (χ2v) is 7.05. The van der Waals surface area contributed by atoms with Gasteiger partial charge >= 0.3 is 0 Å². The fourth-order valence-electron chi connectivity index (χ4n) is 2.40. The summed E-state index contributed by atoms with van der Waals surface area (Å²) in [6.45, 7) is 4.47. The van der Waals surface area contributed by atoms with Gasteiger partial charge in [0.05, 0.1) is 6.54 Å². The number of aromatic nitrogens is 4. The molecule has 1 N–H and O–H groups in total. The van der Waals surface area contributed by atoms with Crippen molar-refractivity contribution in [2.24, 2.45) is 0 Å². The van der Waals surface area contributed by atoms with Crippen LogP contribution in [0.1, 0.15) is 29.8 Å². The van der Waals surface area contributed by atoms with Crippen molar-refractivity contribution in [1.29, 1.82) is 0 Å². The highest BCUT2D eigenvalue weighted by Gasteiger charge is 2.22. The molecule has 0 aliphatic carbocycles. The minimum atomic E-state index is -0.492. The summed E-state index contributed by atoms with van der Waals surface area (Å²) in [7, 11) is 0. The number of benzene rings is 1. The van der Waals surface area contributed by atoms with E-state index in [9.17, 15) is 4.79 Å². The Kier molecular flexibility index (Phi) is 5.45. The number of tetrazole rings is 1. The minimum Gasteiger partial charge on any atom is -0.349 e. The van der Waals surface area contributed by atoms with E-state index < -0.39 is 6.04 Å². The maximum absolute atomic E-state index is 12.5. The van der Waals surface area contributed by atoms with Crippen LogP contribution in [-0.2, 0) is 11.3 Å². The van der Waals surface area contributed by atoms with Crippen LogP contribution in [0, 0.1) is 6.92 Å². The van der Waals surface area contributed by atoms with Crippen molar-refractivity contribution < 1.29 is 4.79 Å². The maximum Gasteiger partial charge on any atom is 0.247 e. The van der Waals surface area contributed by atoms with E-state index in [1.165, 1.54) is 10.4 Å². The van der Waals surface area contributed by atoms with Gasteiger partial charge in [0.1, 0.15) is 0 Å². The summed E-state index contributed by atoms with van der Waals surface area (Å²) in [5, 5.41) is 18.1. The molecule has 8 heteroatoms. The first-order chi connectivity index (χ1) is 12.1. The SMILES string of the molecule is CCC(C(=O)NCc1sccc1C)n1nnc(-c2ccc(Cl)cc2)n1. The molecule has 3 aromatic rings. The topological polar surface area (TPSA) is 72.7 Å². The number of rotatable bonds is 6. The highest BCUT2D eigenvalue weighted by atomic mass is 35.5. The zero-order valence-electron chi connectivity index (χ0n) is 13.9. The number of nitrogens with one attached hydrogen (secondary N) is 1. The Morgan fingerprint density at radius 1 is 1.32 bits per heavy atom. The van der Waals surface area contributed by atoms with E-state index in [2.05, 4.69) is 20.7 Å². The van der Waals surface area contributed by atoms with Gasteiger partial charge in [0.2, 0.25) is 11.7 Å². The monoisotopic (exact) mass is 375 g/mol. The van der Waals surface area contributed by atoms with Crippen LogP contribution in [0.3, 0.4) is 0 Å². The van der Waals surface area contributed by atoms with E-state index >= 15 is 0 Å². The highest BCUT2D eigenvalue weighted by Crippen LogP contribution is 2.19. The lowest BCUT2D eigenvalue weighted by molar-refractivity contribution is -0.125. The minimum absolute atomic E-state index is 0.115. The smallest absolute Gasteiger partial charge is 0.247 e. The van der Waals surface area contributed by atoms with E-state index in [-0.39, 0.29) is 5.91 Å². The molecule has 6 nitrogen and oxygen atoms in total. The van der Waals surface area contributed by atoms with E-state index in [1.54, 1.807) is 23.5 Å². The number of carbonyl (C=O) groups is 1. The average Bonchev–Trinajstić information content (AvgIpc) is 3.24.